The van der Waals surface area contributed by atoms with E-state index in [-0.39, 0.29) is 12.2 Å². The van der Waals surface area contributed by atoms with E-state index in [1.807, 2.05) is 30.3 Å². The minimum atomic E-state index is -1.55. The standard InChI is InChI=1S/C22H21ClO8/c23-11-16(24)29-18-17-15(12-27-22(31-17)14-9-5-2-6-10-14)28-21(26)19(18)30-20(25)13-7-3-1-4-8-13/h1-10,15,17-19,21-22,26H,11-12H2/t15-,17-,18+,19-,21-,22?/m1/s1. The highest BCUT2D eigenvalue weighted by molar-refractivity contribution is 6.26. The molecule has 2 fully saturated rings. The molecule has 0 spiro atoms. The van der Waals surface area contributed by atoms with E-state index < -0.39 is 54.8 Å². The molecule has 6 atom stereocenters. The Kier molecular flexibility index (Phi) is 6.84. The Balaban J connectivity index is 1.58. The summed E-state index contributed by atoms with van der Waals surface area (Å²) in [5.74, 6) is -1.86. The van der Waals surface area contributed by atoms with Gasteiger partial charge in [0.25, 0.3) is 0 Å². The molecule has 2 heterocycles. The molecule has 0 radical (unpaired) electrons. The summed E-state index contributed by atoms with van der Waals surface area (Å²) in [6.45, 7) is 0.0789. The first-order valence-corrected chi connectivity index (χ1v) is 10.3. The first-order chi connectivity index (χ1) is 15.1. The Morgan fingerprint density at radius 3 is 2.32 bits per heavy atom. The van der Waals surface area contributed by atoms with Crippen LogP contribution in [0.3, 0.4) is 0 Å². The van der Waals surface area contributed by atoms with Crippen LogP contribution in [0.1, 0.15) is 22.2 Å². The summed E-state index contributed by atoms with van der Waals surface area (Å²) < 4.78 is 28.2. The maximum absolute atomic E-state index is 12.6. The Morgan fingerprint density at radius 2 is 1.65 bits per heavy atom. The molecule has 1 N–H and O–H groups in total. The number of alkyl halides is 1. The second kappa shape index (κ2) is 9.76. The Bertz CT molecular complexity index is 893. The molecule has 2 aromatic carbocycles. The molecule has 2 aliphatic heterocycles. The molecule has 9 heteroatoms. The van der Waals surface area contributed by atoms with Crippen molar-refractivity contribution in [2.75, 3.05) is 12.5 Å². The molecular weight excluding hydrogens is 428 g/mol. The van der Waals surface area contributed by atoms with Gasteiger partial charge in [0.15, 0.2) is 24.8 Å². The molecule has 0 amide bonds. The number of aliphatic hydroxyl groups is 1. The van der Waals surface area contributed by atoms with Crippen LogP contribution in [0.2, 0.25) is 0 Å². The normalized spacial score (nSPS) is 30.1. The second-order valence-electron chi connectivity index (χ2n) is 7.07. The zero-order chi connectivity index (χ0) is 21.8. The number of carbonyl (C=O) groups is 2. The Morgan fingerprint density at radius 1 is 0.968 bits per heavy atom. The highest BCUT2D eigenvalue weighted by Gasteiger charge is 2.53. The van der Waals surface area contributed by atoms with Gasteiger partial charge in [0, 0.05) is 5.56 Å². The number of fused-ring (bicyclic) bond motifs is 1. The lowest BCUT2D eigenvalue weighted by molar-refractivity contribution is -0.354. The molecule has 0 aliphatic carbocycles. The molecule has 4 rings (SSSR count). The number of halogens is 1. The topological polar surface area (TPSA) is 101 Å². The van der Waals surface area contributed by atoms with E-state index in [1.165, 1.54) is 0 Å². The fourth-order valence-electron chi connectivity index (χ4n) is 3.55. The molecule has 2 aliphatic rings. The summed E-state index contributed by atoms with van der Waals surface area (Å²) in [4.78, 5) is 24.6. The lowest BCUT2D eigenvalue weighted by Gasteiger charge is -2.47. The smallest absolute Gasteiger partial charge is 0.338 e. The summed E-state index contributed by atoms with van der Waals surface area (Å²) in [6, 6.07) is 17.4. The maximum Gasteiger partial charge on any atom is 0.338 e. The third kappa shape index (κ3) is 4.89. The maximum atomic E-state index is 12.6. The Hall–Kier alpha value is -2.49. The molecule has 2 saturated heterocycles. The van der Waals surface area contributed by atoms with Crippen LogP contribution in [-0.2, 0) is 28.5 Å². The van der Waals surface area contributed by atoms with Gasteiger partial charge in [0.05, 0.1) is 12.2 Å². The van der Waals surface area contributed by atoms with Crippen LogP contribution in [0.5, 0.6) is 0 Å². The van der Waals surface area contributed by atoms with E-state index >= 15 is 0 Å². The number of hydrogen-bond donors (Lipinski definition) is 1. The minimum absolute atomic E-state index is 0.0789. The fourth-order valence-corrected chi connectivity index (χ4v) is 3.61. The zero-order valence-electron chi connectivity index (χ0n) is 16.3. The lowest BCUT2D eigenvalue weighted by atomic mass is 9.97. The number of hydrogen-bond acceptors (Lipinski definition) is 8. The van der Waals surface area contributed by atoms with Crippen LogP contribution < -0.4 is 0 Å². The van der Waals surface area contributed by atoms with Crippen molar-refractivity contribution in [1.82, 2.24) is 0 Å². The highest BCUT2D eigenvalue weighted by Crippen LogP contribution is 2.36. The Labute approximate surface area is 183 Å². The van der Waals surface area contributed by atoms with Crippen molar-refractivity contribution in [1.29, 1.82) is 0 Å². The molecule has 164 valence electrons. The lowest BCUT2D eigenvalue weighted by Crippen LogP contribution is -2.63. The van der Waals surface area contributed by atoms with E-state index in [0.29, 0.717) is 0 Å². The quantitative estimate of drug-likeness (QED) is 0.549. The van der Waals surface area contributed by atoms with Gasteiger partial charge in [0.2, 0.25) is 0 Å². The van der Waals surface area contributed by atoms with Gasteiger partial charge < -0.3 is 28.8 Å². The summed E-state index contributed by atoms with van der Waals surface area (Å²) in [5.41, 5.74) is 1.03. The van der Waals surface area contributed by atoms with Crippen molar-refractivity contribution in [2.45, 2.75) is 37.0 Å². The summed E-state index contributed by atoms with van der Waals surface area (Å²) in [7, 11) is 0. The molecule has 8 nitrogen and oxygen atoms in total. The number of rotatable bonds is 5. The minimum Gasteiger partial charge on any atom is -0.454 e. The van der Waals surface area contributed by atoms with Crippen molar-refractivity contribution >= 4 is 23.5 Å². The molecule has 1 unspecified atom stereocenters. The van der Waals surface area contributed by atoms with Gasteiger partial charge in [-0.2, -0.15) is 0 Å². The number of ether oxygens (including phenoxy) is 5. The van der Waals surface area contributed by atoms with Gasteiger partial charge in [-0.15, -0.1) is 11.6 Å². The first kappa shape index (κ1) is 21.7. The molecule has 0 saturated carbocycles. The van der Waals surface area contributed by atoms with E-state index in [2.05, 4.69) is 0 Å². The predicted octanol–water partition coefficient (Wildman–Crippen LogP) is 2.19. The van der Waals surface area contributed by atoms with Crippen LogP contribution in [-0.4, -0.2) is 60.2 Å². The average Bonchev–Trinajstić information content (AvgIpc) is 2.82. The van der Waals surface area contributed by atoms with Crippen LogP contribution in [0.4, 0.5) is 0 Å². The monoisotopic (exact) mass is 448 g/mol. The van der Waals surface area contributed by atoms with E-state index in [4.69, 9.17) is 35.3 Å². The second-order valence-corrected chi connectivity index (χ2v) is 7.33. The largest absolute Gasteiger partial charge is 0.454 e. The molecule has 2 aromatic rings. The number of carbonyl (C=O) groups excluding carboxylic acids is 2. The van der Waals surface area contributed by atoms with Crippen molar-refractivity contribution in [3.63, 3.8) is 0 Å². The third-order valence-electron chi connectivity index (χ3n) is 5.00. The van der Waals surface area contributed by atoms with E-state index in [0.717, 1.165) is 5.56 Å². The summed E-state index contributed by atoms with van der Waals surface area (Å²) in [6.07, 6.45) is -6.37. The average molecular weight is 449 g/mol. The molecular formula is C22H21ClO8. The van der Waals surface area contributed by atoms with Gasteiger partial charge in [-0.05, 0) is 12.1 Å². The number of benzene rings is 2. The molecule has 0 aromatic heterocycles. The van der Waals surface area contributed by atoms with Crippen molar-refractivity contribution in [2.24, 2.45) is 0 Å². The fraction of sp³-hybridized carbons (Fsp3) is 0.364. The van der Waals surface area contributed by atoms with Crippen molar-refractivity contribution < 1.29 is 38.4 Å². The zero-order valence-corrected chi connectivity index (χ0v) is 17.1. The van der Waals surface area contributed by atoms with Crippen molar-refractivity contribution in [3.8, 4) is 0 Å². The van der Waals surface area contributed by atoms with Gasteiger partial charge in [-0.1, -0.05) is 48.5 Å². The van der Waals surface area contributed by atoms with Crippen LogP contribution in [0.25, 0.3) is 0 Å². The van der Waals surface area contributed by atoms with Gasteiger partial charge >= 0.3 is 11.9 Å². The summed E-state index contributed by atoms with van der Waals surface area (Å²) >= 11 is 5.62. The van der Waals surface area contributed by atoms with Crippen LogP contribution in [0.15, 0.2) is 60.7 Å². The van der Waals surface area contributed by atoms with E-state index in [1.54, 1.807) is 30.3 Å². The van der Waals surface area contributed by atoms with Crippen LogP contribution >= 0.6 is 11.6 Å². The van der Waals surface area contributed by atoms with Gasteiger partial charge in [-0.3, -0.25) is 4.79 Å². The van der Waals surface area contributed by atoms with Crippen LogP contribution in [0, 0.1) is 0 Å². The van der Waals surface area contributed by atoms with Gasteiger partial charge in [-0.25, -0.2) is 4.79 Å². The number of esters is 2. The van der Waals surface area contributed by atoms with E-state index in [9.17, 15) is 14.7 Å². The summed E-state index contributed by atoms with van der Waals surface area (Å²) in [5, 5.41) is 10.5. The highest BCUT2D eigenvalue weighted by atomic mass is 35.5. The van der Waals surface area contributed by atoms with Crippen molar-refractivity contribution in [3.05, 3.63) is 71.8 Å². The van der Waals surface area contributed by atoms with Gasteiger partial charge in [0.1, 0.15) is 18.1 Å². The predicted molar refractivity (Wildman–Crippen MR) is 107 cm³/mol. The first-order valence-electron chi connectivity index (χ1n) is 9.74. The number of aliphatic hydroxyl groups excluding tert-OH is 1. The molecule has 31 heavy (non-hydrogen) atoms. The SMILES string of the molecule is O=C(CCl)O[C@@H]1[C@@H](OC(=O)c2ccccc2)[C@H](O)O[C@@H]2COC(c3ccccc3)O[C@@H]12. The molecule has 0 bridgehead atoms. The third-order valence-corrected chi connectivity index (χ3v) is 5.22.